The van der Waals surface area contributed by atoms with Gasteiger partial charge in [0.25, 0.3) is 0 Å². The van der Waals surface area contributed by atoms with Gasteiger partial charge < -0.3 is 24.4 Å². The van der Waals surface area contributed by atoms with Crippen molar-refractivity contribution in [2.75, 3.05) is 26.2 Å². The molecule has 180 valence electrons. The molecule has 34 heavy (non-hydrogen) atoms. The van der Waals surface area contributed by atoms with Gasteiger partial charge in [-0.3, -0.25) is 4.79 Å². The lowest BCUT2D eigenvalue weighted by Crippen LogP contribution is -2.58. The first-order valence-corrected chi connectivity index (χ1v) is 11.5. The molecule has 1 aliphatic heterocycles. The molecule has 1 aliphatic carbocycles. The summed E-state index contributed by atoms with van der Waals surface area (Å²) in [6.45, 7) is 5.94. The Morgan fingerprint density at radius 2 is 1.53 bits per heavy atom. The van der Waals surface area contributed by atoms with Crippen molar-refractivity contribution in [1.82, 2.24) is 9.80 Å². The Balaban J connectivity index is 1.43. The minimum Gasteiger partial charge on any atom is -0.481 e. The van der Waals surface area contributed by atoms with Gasteiger partial charge in [-0.2, -0.15) is 0 Å². The van der Waals surface area contributed by atoms with Gasteiger partial charge in [0.2, 0.25) is 0 Å². The lowest BCUT2D eigenvalue weighted by molar-refractivity contribution is -0.138. The maximum absolute atomic E-state index is 12.9. The number of piperazine rings is 1. The summed E-state index contributed by atoms with van der Waals surface area (Å²) in [6.07, 6.45) is -1.38. The van der Waals surface area contributed by atoms with Crippen molar-refractivity contribution >= 4 is 18.2 Å². The van der Waals surface area contributed by atoms with Crippen LogP contribution in [-0.2, 0) is 14.3 Å². The van der Waals surface area contributed by atoms with Crippen molar-refractivity contribution < 1.29 is 29.0 Å². The highest BCUT2D eigenvalue weighted by Gasteiger charge is 2.37. The second-order valence-electron chi connectivity index (χ2n) is 9.68. The highest BCUT2D eigenvalue weighted by atomic mass is 16.6. The molecule has 8 nitrogen and oxygen atoms in total. The fourth-order valence-corrected chi connectivity index (χ4v) is 4.64. The Bertz CT molecular complexity index is 1050. The third-order valence-electron chi connectivity index (χ3n) is 6.12. The van der Waals surface area contributed by atoms with E-state index in [0.29, 0.717) is 0 Å². The van der Waals surface area contributed by atoms with Crippen LogP contribution in [0.4, 0.5) is 9.59 Å². The van der Waals surface area contributed by atoms with Crippen molar-refractivity contribution in [2.45, 2.75) is 44.8 Å². The van der Waals surface area contributed by atoms with E-state index < -0.39 is 29.8 Å². The average molecular weight is 467 g/mol. The van der Waals surface area contributed by atoms with E-state index in [2.05, 4.69) is 24.3 Å². The monoisotopic (exact) mass is 466 g/mol. The molecule has 8 heteroatoms. The van der Waals surface area contributed by atoms with Gasteiger partial charge in [-0.1, -0.05) is 48.5 Å². The Labute approximate surface area is 199 Å². The van der Waals surface area contributed by atoms with Crippen LogP contribution in [0.2, 0.25) is 0 Å². The van der Waals surface area contributed by atoms with Gasteiger partial charge >= 0.3 is 18.2 Å². The molecule has 1 atom stereocenters. The molecule has 0 radical (unpaired) electrons. The first kappa shape index (κ1) is 23.6. The normalized spacial score (nSPS) is 17.7. The number of carboxylic acids is 1. The largest absolute Gasteiger partial charge is 0.481 e. The molecule has 2 aliphatic rings. The van der Waals surface area contributed by atoms with Crippen LogP contribution in [0, 0.1) is 0 Å². The third kappa shape index (κ3) is 5.00. The predicted molar refractivity (Wildman–Crippen MR) is 126 cm³/mol. The Morgan fingerprint density at radius 1 is 0.941 bits per heavy atom. The lowest BCUT2D eigenvalue weighted by atomic mass is 9.98. The molecular weight excluding hydrogens is 436 g/mol. The summed E-state index contributed by atoms with van der Waals surface area (Å²) in [5.41, 5.74) is 3.83. The summed E-state index contributed by atoms with van der Waals surface area (Å²) in [4.78, 5) is 39.8. The highest BCUT2D eigenvalue weighted by molar-refractivity contribution is 5.79. The summed E-state index contributed by atoms with van der Waals surface area (Å²) in [6, 6.07) is 15.5. The zero-order valence-electron chi connectivity index (χ0n) is 19.7. The Hall–Kier alpha value is -3.55. The number of carboxylic acid groups (broad SMARTS) is 1. The van der Waals surface area contributed by atoms with Crippen LogP contribution < -0.4 is 0 Å². The van der Waals surface area contributed by atoms with E-state index in [1.165, 1.54) is 9.80 Å². The second-order valence-corrected chi connectivity index (χ2v) is 9.68. The average Bonchev–Trinajstić information content (AvgIpc) is 3.09. The minimum atomic E-state index is -1.05. The Kier molecular flexibility index (Phi) is 6.50. The number of nitrogens with zero attached hydrogens (tertiary/aromatic N) is 2. The zero-order chi connectivity index (χ0) is 24.5. The van der Waals surface area contributed by atoms with Gasteiger partial charge in [-0.25, -0.2) is 9.59 Å². The molecule has 1 N–H and O–H groups in total. The zero-order valence-corrected chi connectivity index (χ0v) is 19.7. The van der Waals surface area contributed by atoms with Crippen molar-refractivity contribution in [3.63, 3.8) is 0 Å². The van der Waals surface area contributed by atoms with Gasteiger partial charge in [0.15, 0.2) is 0 Å². The molecule has 2 aromatic carbocycles. The lowest BCUT2D eigenvalue weighted by Gasteiger charge is -2.40. The van der Waals surface area contributed by atoms with Crippen LogP contribution in [0.15, 0.2) is 48.5 Å². The van der Waals surface area contributed by atoms with Gasteiger partial charge in [0, 0.05) is 25.6 Å². The molecule has 4 rings (SSSR count). The molecule has 0 aromatic heterocycles. The van der Waals surface area contributed by atoms with E-state index in [9.17, 15) is 19.5 Å². The molecule has 1 unspecified atom stereocenters. The van der Waals surface area contributed by atoms with Crippen LogP contribution in [-0.4, -0.2) is 70.9 Å². The molecule has 2 amide bonds. The number of rotatable bonds is 4. The number of aliphatic carboxylic acids is 1. The van der Waals surface area contributed by atoms with Crippen molar-refractivity contribution in [2.24, 2.45) is 0 Å². The summed E-state index contributed by atoms with van der Waals surface area (Å²) in [5.74, 6) is -1.11. The number of carbonyl (C=O) groups excluding carboxylic acids is 2. The fraction of sp³-hybridized carbons (Fsp3) is 0.423. The van der Waals surface area contributed by atoms with E-state index in [1.54, 1.807) is 20.8 Å². The number of ether oxygens (including phenoxy) is 2. The maximum atomic E-state index is 12.9. The summed E-state index contributed by atoms with van der Waals surface area (Å²) < 4.78 is 11.1. The fourth-order valence-electron chi connectivity index (χ4n) is 4.64. The molecule has 1 fully saturated rings. The molecule has 2 aromatic rings. The third-order valence-corrected chi connectivity index (χ3v) is 6.12. The molecule has 0 spiro atoms. The number of carbonyl (C=O) groups is 3. The first-order valence-electron chi connectivity index (χ1n) is 11.5. The standard InChI is InChI=1S/C26H30N2O6/c1-26(2,3)34-25(32)28-13-12-27(15-17(28)14-23(29)30)24(31)33-16-22-20-10-6-4-8-18(20)19-9-5-7-11-21(19)22/h4-11,17,22H,12-16H2,1-3H3,(H,29,30). The van der Waals surface area contributed by atoms with Crippen molar-refractivity contribution in [3.8, 4) is 11.1 Å². The van der Waals surface area contributed by atoms with Gasteiger partial charge in [0.05, 0.1) is 12.5 Å². The van der Waals surface area contributed by atoms with Crippen LogP contribution >= 0.6 is 0 Å². The summed E-state index contributed by atoms with van der Waals surface area (Å²) >= 11 is 0. The Morgan fingerprint density at radius 3 is 2.09 bits per heavy atom. The van der Waals surface area contributed by atoms with E-state index >= 15 is 0 Å². The van der Waals surface area contributed by atoms with E-state index in [1.807, 2.05) is 24.3 Å². The van der Waals surface area contributed by atoms with E-state index in [0.717, 1.165) is 22.3 Å². The van der Waals surface area contributed by atoms with E-state index in [4.69, 9.17) is 9.47 Å². The van der Waals surface area contributed by atoms with Crippen LogP contribution in [0.25, 0.3) is 11.1 Å². The van der Waals surface area contributed by atoms with E-state index in [-0.39, 0.29) is 38.6 Å². The quantitative estimate of drug-likeness (QED) is 0.720. The van der Waals surface area contributed by atoms with Gasteiger partial charge in [-0.05, 0) is 43.0 Å². The second kappa shape index (κ2) is 9.37. The summed E-state index contributed by atoms with van der Waals surface area (Å²) in [5, 5.41) is 9.34. The SMILES string of the molecule is CC(C)(C)OC(=O)N1CCN(C(=O)OCC2c3ccccc3-c3ccccc32)CC1CC(=O)O. The maximum Gasteiger partial charge on any atom is 0.410 e. The number of hydrogen-bond donors (Lipinski definition) is 1. The summed E-state index contributed by atoms with van der Waals surface area (Å²) in [7, 11) is 0. The molecule has 0 saturated carbocycles. The topological polar surface area (TPSA) is 96.4 Å². The number of hydrogen-bond acceptors (Lipinski definition) is 5. The highest BCUT2D eigenvalue weighted by Crippen LogP contribution is 2.44. The number of fused-ring (bicyclic) bond motifs is 3. The van der Waals surface area contributed by atoms with Crippen molar-refractivity contribution in [1.29, 1.82) is 0 Å². The van der Waals surface area contributed by atoms with Crippen LogP contribution in [0.3, 0.4) is 0 Å². The molecule has 0 bridgehead atoms. The minimum absolute atomic E-state index is 0.0609. The predicted octanol–water partition coefficient (Wildman–Crippen LogP) is 4.33. The van der Waals surface area contributed by atoms with Crippen LogP contribution in [0.5, 0.6) is 0 Å². The number of benzene rings is 2. The number of amides is 2. The van der Waals surface area contributed by atoms with Crippen molar-refractivity contribution in [3.05, 3.63) is 59.7 Å². The first-order chi connectivity index (χ1) is 16.1. The van der Waals surface area contributed by atoms with Gasteiger partial charge in [0.1, 0.15) is 12.2 Å². The smallest absolute Gasteiger partial charge is 0.410 e. The van der Waals surface area contributed by atoms with Gasteiger partial charge in [-0.15, -0.1) is 0 Å². The molecule has 1 heterocycles. The molecular formula is C26H30N2O6. The molecule has 1 saturated heterocycles. The van der Waals surface area contributed by atoms with Crippen LogP contribution in [0.1, 0.15) is 44.2 Å².